The zero-order valence-electron chi connectivity index (χ0n) is 14.4. The Morgan fingerprint density at radius 2 is 1.88 bits per heavy atom. The molecule has 0 aliphatic rings. The maximum absolute atomic E-state index is 12.3. The second-order valence-corrected chi connectivity index (χ2v) is 7.12. The molecule has 26 heavy (non-hydrogen) atoms. The number of aryl methyl sites for hydroxylation is 1. The zero-order valence-corrected chi connectivity index (χ0v) is 15.2. The molecule has 1 atom stereocenters. The van der Waals surface area contributed by atoms with E-state index >= 15 is 0 Å². The molecule has 1 heterocycles. The lowest BCUT2D eigenvalue weighted by molar-refractivity contribution is -0.115. The summed E-state index contributed by atoms with van der Waals surface area (Å²) in [5.41, 5.74) is 2.42. The summed E-state index contributed by atoms with van der Waals surface area (Å²) < 4.78 is 0. The van der Waals surface area contributed by atoms with Gasteiger partial charge in [-0.2, -0.15) is 0 Å². The van der Waals surface area contributed by atoms with Crippen LogP contribution >= 0.6 is 11.8 Å². The van der Waals surface area contributed by atoms with Gasteiger partial charge in [-0.25, -0.2) is 0 Å². The maximum Gasteiger partial charge on any atom is 0.278 e. The van der Waals surface area contributed by atoms with Gasteiger partial charge in [0.25, 0.3) is 5.56 Å². The zero-order chi connectivity index (χ0) is 18.5. The Bertz CT molecular complexity index is 973. The normalized spacial score (nSPS) is 11.8. The largest absolute Gasteiger partial charge is 0.325 e. The quantitative estimate of drug-likeness (QED) is 0.677. The molecular weight excluding hydrogens is 348 g/mol. The molecule has 0 saturated carbocycles. The SMILES string of the molecule is Cc1cccc(NC(=O)C(C)Sc2nnc(-c3ccccc3)c(=O)[nH]2)c1. The number of anilines is 1. The Kier molecular flexibility index (Phi) is 5.48. The van der Waals surface area contributed by atoms with Gasteiger partial charge in [0.2, 0.25) is 5.91 Å². The van der Waals surface area contributed by atoms with Crippen molar-refractivity contribution in [1.29, 1.82) is 0 Å². The second kappa shape index (κ2) is 7.97. The summed E-state index contributed by atoms with van der Waals surface area (Å²) in [6, 6.07) is 16.7. The van der Waals surface area contributed by atoms with E-state index in [9.17, 15) is 9.59 Å². The minimum atomic E-state index is -0.442. The molecule has 7 heteroatoms. The maximum atomic E-state index is 12.3. The van der Waals surface area contributed by atoms with E-state index in [0.29, 0.717) is 10.7 Å². The Balaban J connectivity index is 1.69. The molecule has 2 aromatic carbocycles. The van der Waals surface area contributed by atoms with Crippen LogP contribution in [0.25, 0.3) is 11.3 Å². The number of rotatable bonds is 5. The second-order valence-electron chi connectivity index (χ2n) is 5.79. The smallest absolute Gasteiger partial charge is 0.278 e. The lowest BCUT2D eigenvalue weighted by Gasteiger charge is -2.11. The average Bonchev–Trinajstić information content (AvgIpc) is 2.62. The van der Waals surface area contributed by atoms with Gasteiger partial charge in [-0.05, 0) is 31.5 Å². The Labute approximate surface area is 155 Å². The molecule has 1 aromatic heterocycles. The highest BCUT2D eigenvalue weighted by Gasteiger charge is 2.17. The van der Waals surface area contributed by atoms with Gasteiger partial charge in [0.15, 0.2) is 10.9 Å². The number of aromatic amines is 1. The number of hydrogen-bond donors (Lipinski definition) is 2. The molecule has 3 aromatic rings. The third kappa shape index (κ3) is 4.37. The van der Waals surface area contributed by atoms with Crippen LogP contribution in [-0.2, 0) is 4.79 Å². The number of aromatic nitrogens is 3. The monoisotopic (exact) mass is 366 g/mol. The van der Waals surface area contributed by atoms with Crippen molar-refractivity contribution >= 4 is 23.4 Å². The van der Waals surface area contributed by atoms with Crippen LogP contribution in [-0.4, -0.2) is 26.3 Å². The van der Waals surface area contributed by atoms with E-state index in [1.807, 2.05) is 49.4 Å². The van der Waals surface area contributed by atoms with E-state index in [-0.39, 0.29) is 17.2 Å². The van der Waals surface area contributed by atoms with Crippen molar-refractivity contribution in [2.75, 3.05) is 5.32 Å². The molecule has 0 aliphatic heterocycles. The van der Waals surface area contributed by atoms with E-state index in [2.05, 4.69) is 20.5 Å². The summed E-state index contributed by atoms with van der Waals surface area (Å²) in [4.78, 5) is 27.3. The first-order chi connectivity index (χ1) is 12.5. The molecule has 2 N–H and O–H groups in total. The van der Waals surface area contributed by atoms with Crippen molar-refractivity contribution in [3.8, 4) is 11.3 Å². The summed E-state index contributed by atoms with van der Waals surface area (Å²) >= 11 is 1.15. The lowest BCUT2D eigenvalue weighted by Crippen LogP contribution is -2.23. The van der Waals surface area contributed by atoms with Crippen molar-refractivity contribution in [2.45, 2.75) is 24.3 Å². The van der Waals surface area contributed by atoms with Crippen molar-refractivity contribution in [1.82, 2.24) is 15.2 Å². The van der Waals surface area contributed by atoms with Crippen molar-refractivity contribution < 1.29 is 4.79 Å². The van der Waals surface area contributed by atoms with Gasteiger partial charge in [0.1, 0.15) is 0 Å². The average molecular weight is 366 g/mol. The van der Waals surface area contributed by atoms with Crippen LogP contribution in [0.5, 0.6) is 0 Å². The van der Waals surface area contributed by atoms with Gasteiger partial charge in [0.05, 0.1) is 5.25 Å². The highest BCUT2D eigenvalue weighted by Crippen LogP contribution is 2.20. The standard InChI is InChI=1S/C19H18N4O2S/c1-12-7-6-10-15(11-12)20-17(24)13(2)26-19-21-18(25)16(22-23-19)14-8-4-3-5-9-14/h3-11,13H,1-2H3,(H,20,24)(H,21,23,25). The van der Waals surface area contributed by atoms with Crippen molar-refractivity contribution in [3.63, 3.8) is 0 Å². The molecule has 3 rings (SSSR count). The van der Waals surface area contributed by atoms with Gasteiger partial charge >= 0.3 is 0 Å². The number of hydrogen-bond acceptors (Lipinski definition) is 5. The summed E-state index contributed by atoms with van der Waals surface area (Å²) in [6.45, 7) is 3.71. The molecule has 0 spiro atoms. The number of amides is 1. The van der Waals surface area contributed by atoms with E-state index in [1.165, 1.54) is 0 Å². The Morgan fingerprint density at radius 1 is 1.12 bits per heavy atom. The highest BCUT2D eigenvalue weighted by atomic mass is 32.2. The summed E-state index contributed by atoms with van der Waals surface area (Å²) in [6.07, 6.45) is 0. The summed E-state index contributed by atoms with van der Waals surface area (Å²) in [5.74, 6) is -0.171. The van der Waals surface area contributed by atoms with Crippen LogP contribution in [0.15, 0.2) is 64.5 Å². The van der Waals surface area contributed by atoms with Crippen LogP contribution in [0.1, 0.15) is 12.5 Å². The van der Waals surface area contributed by atoms with Gasteiger partial charge in [-0.15, -0.1) is 10.2 Å². The van der Waals surface area contributed by atoms with E-state index in [1.54, 1.807) is 19.1 Å². The summed E-state index contributed by atoms with van der Waals surface area (Å²) in [7, 11) is 0. The fraction of sp³-hybridized carbons (Fsp3) is 0.158. The minimum Gasteiger partial charge on any atom is -0.325 e. The molecule has 0 aliphatic carbocycles. The van der Waals surface area contributed by atoms with E-state index in [4.69, 9.17) is 0 Å². The molecular formula is C19H18N4O2S. The highest BCUT2D eigenvalue weighted by molar-refractivity contribution is 8.00. The van der Waals surface area contributed by atoms with Crippen LogP contribution in [0, 0.1) is 6.92 Å². The van der Waals surface area contributed by atoms with Crippen LogP contribution in [0.3, 0.4) is 0 Å². The first kappa shape index (κ1) is 17.9. The topological polar surface area (TPSA) is 87.7 Å². The molecule has 0 bridgehead atoms. The lowest BCUT2D eigenvalue weighted by atomic mass is 10.2. The molecule has 132 valence electrons. The Morgan fingerprint density at radius 3 is 2.58 bits per heavy atom. The molecule has 1 unspecified atom stereocenters. The first-order valence-corrected chi connectivity index (χ1v) is 8.97. The molecule has 6 nitrogen and oxygen atoms in total. The molecule has 0 fully saturated rings. The fourth-order valence-electron chi connectivity index (χ4n) is 2.35. The number of H-pyrrole nitrogens is 1. The van der Waals surface area contributed by atoms with E-state index < -0.39 is 5.25 Å². The third-order valence-electron chi connectivity index (χ3n) is 3.67. The molecule has 0 saturated heterocycles. The van der Waals surface area contributed by atoms with Gasteiger partial charge in [-0.3, -0.25) is 14.6 Å². The third-order valence-corrected chi connectivity index (χ3v) is 4.64. The van der Waals surface area contributed by atoms with Crippen LogP contribution in [0.4, 0.5) is 5.69 Å². The summed E-state index contributed by atoms with van der Waals surface area (Å²) in [5, 5.41) is 10.8. The van der Waals surface area contributed by atoms with Crippen molar-refractivity contribution in [2.24, 2.45) is 0 Å². The number of benzene rings is 2. The number of nitrogens with one attached hydrogen (secondary N) is 2. The van der Waals surface area contributed by atoms with Gasteiger partial charge in [0, 0.05) is 11.3 Å². The molecule has 0 radical (unpaired) electrons. The van der Waals surface area contributed by atoms with Crippen molar-refractivity contribution in [3.05, 3.63) is 70.5 Å². The minimum absolute atomic E-state index is 0.171. The van der Waals surface area contributed by atoms with Crippen LogP contribution in [0.2, 0.25) is 0 Å². The number of thioether (sulfide) groups is 1. The number of carbonyl (C=O) groups excluding carboxylic acids is 1. The predicted octanol–water partition coefficient (Wildman–Crippen LogP) is 3.26. The number of carbonyl (C=O) groups is 1. The van der Waals surface area contributed by atoms with Gasteiger partial charge in [-0.1, -0.05) is 54.2 Å². The van der Waals surface area contributed by atoms with E-state index in [0.717, 1.165) is 23.0 Å². The molecule has 1 amide bonds. The Hall–Kier alpha value is -2.93. The van der Waals surface area contributed by atoms with Crippen LogP contribution < -0.4 is 10.9 Å². The first-order valence-electron chi connectivity index (χ1n) is 8.09. The predicted molar refractivity (Wildman–Crippen MR) is 103 cm³/mol. The number of nitrogens with zero attached hydrogens (tertiary/aromatic N) is 2. The fourth-order valence-corrected chi connectivity index (χ4v) is 3.09. The van der Waals surface area contributed by atoms with Gasteiger partial charge < -0.3 is 5.32 Å².